The zero-order valence-electron chi connectivity index (χ0n) is 10.5. The van der Waals surface area contributed by atoms with Gasteiger partial charge in [0.1, 0.15) is 12.1 Å². The van der Waals surface area contributed by atoms with Crippen LogP contribution in [0.25, 0.3) is 0 Å². The van der Waals surface area contributed by atoms with Gasteiger partial charge in [-0.25, -0.2) is 4.79 Å². The van der Waals surface area contributed by atoms with Crippen LogP contribution in [0.4, 0.5) is 0 Å². The molecule has 7 N–H and O–H groups in total. The number of hydrogen-bond acceptors (Lipinski definition) is 5. The Morgan fingerprint density at radius 3 is 2.21 bits per heavy atom. The number of amides is 3. The molecule has 0 aliphatic heterocycles. The number of primary amides is 1. The first kappa shape index (κ1) is 16.8. The predicted octanol–water partition coefficient (Wildman–Crippen LogP) is -2.72. The second-order valence-corrected chi connectivity index (χ2v) is 3.90. The molecule has 0 saturated carbocycles. The van der Waals surface area contributed by atoms with Crippen LogP contribution in [0.3, 0.4) is 0 Å². The van der Waals surface area contributed by atoms with Crippen LogP contribution in [0.15, 0.2) is 0 Å². The number of carbonyl (C=O) groups excluding carboxylic acids is 3. The largest absolute Gasteiger partial charge is 0.480 e. The van der Waals surface area contributed by atoms with Crippen molar-refractivity contribution in [2.24, 2.45) is 11.5 Å². The highest BCUT2D eigenvalue weighted by molar-refractivity contribution is 5.92. The number of carboxylic acids is 1. The smallest absolute Gasteiger partial charge is 0.326 e. The number of rotatable bonds is 8. The van der Waals surface area contributed by atoms with Crippen molar-refractivity contribution in [3.05, 3.63) is 0 Å². The van der Waals surface area contributed by atoms with Gasteiger partial charge in [0.05, 0.1) is 6.42 Å². The van der Waals surface area contributed by atoms with E-state index in [2.05, 4.69) is 10.6 Å². The van der Waals surface area contributed by atoms with Crippen LogP contribution in [0.5, 0.6) is 0 Å². The first-order chi connectivity index (χ1) is 8.77. The maximum atomic E-state index is 11.6. The van der Waals surface area contributed by atoms with Gasteiger partial charge in [-0.15, -0.1) is 0 Å². The van der Waals surface area contributed by atoms with Crippen molar-refractivity contribution in [1.82, 2.24) is 10.6 Å². The highest BCUT2D eigenvalue weighted by Gasteiger charge is 2.25. The molecule has 0 rings (SSSR count). The quantitative estimate of drug-likeness (QED) is 0.322. The molecule has 0 heterocycles. The number of nitrogens with two attached hydrogens (primary N) is 2. The average molecular weight is 274 g/mol. The van der Waals surface area contributed by atoms with E-state index in [4.69, 9.17) is 16.6 Å². The van der Waals surface area contributed by atoms with Gasteiger partial charge in [-0.05, 0) is 6.92 Å². The van der Waals surface area contributed by atoms with Gasteiger partial charge in [0.15, 0.2) is 0 Å². The van der Waals surface area contributed by atoms with Crippen LogP contribution >= 0.6 is 0 Å². The minimum absolute atomic E-state index is 0.0568. The van der Waals surface area contributed by atoms with E-state index < -0.39 is 42.2 Å². The molecule has 0 radical (unpaired) electrons. The van der Waals surface area contributed by atoms with Crippen molar-refractivity contribution in [3.63, 3.8) is 0 Å². The topological polar surface area (TPSA) is 165 Å². The van der Waals surface area contributed by atoms with Crippen LogP contribution in [-0.4, -0.2) is 47.4 Å². The van der Waals surface area contributed by atoms with E-state index in [1.54, 1.807) is 0 Å². The van der Waals surface area contributed by atoms with Crippen molar-refractivity contribution in [1.29, 1.82) is 0 Å². The molecule has 0 fully saturated rings. The Labute approximate surface area is 109 Å². The monoisotopic (exact) mass is 274 g/mol. The normalized spacial score (nSPS) is 13.2. The van der Waals surface area contributed by atoms with Gasteiger partial charge in [-0.3, -0.25) is 14.4 Å². The van der Waals surface area contributed by atoms with Crippen LogP contribution in [-0.2, 0) is 19.2 Å². The Balaban J connectivity index is 4.42. The molecule has 0 aromatic heterocycles. The van der Waals surface area contributed by atoms with E-state index in [9.17, 15) is 19.2 Å². The molecule has 0 aromatic rings. The SMILES string of the molecule is C[C@H](NC(=O)CCN)C(=O)N[C@@H](CC(N)=O)C(=O)O. The van der Waals surface area contributed by atoms with Gasteiger partial charge in [-0.1, -0.05) is 0 Å². The number of nitrogens with one attached hydrogen (secondary N) is 2. The summed E-state index contributed by atoms with van der Waals surface area (Å²) in [6, 6.07) is -2.35. The van der Waals surface area contributed by atoms with Crippen LogP contribution in [0.2, 0.25) is 0 Å². The van der Waals surface area contributed by atoms with Crippen molar-refractivity contribution in [2.75, 3.05) is 6.54 Å². The molecule has 0 saturated heterocycles. The summed E-state index contributed by atoms with van der Waals surface area (Å²) >= 11 is 0. The van der Waals surface area contributed by atoms with E-state index in [0.717, 1.165) is 0 Å². The third-order valence-corrected chi connectivity index (χ3v) is 2.16. The summed E-state index contributed by atoms with van der Waals surface area (Å²) in [5.74, 6) is -3.38. The molecule has 0 unspecified atom stereocenters. The Morgan fingerprint density at radius 1 is 1.21 bits per heavy atom. The Hall–Kier alpha value is -2.16. The summed E-state index contributed by atoms with van der Waals surface area (Å²) in [5, 5.41) is 13.2. The molecule has 0 aromatic carbocycles. The highest BCUT2D eigenvalue weighted by atomic mass is 16.4. The van der Waals surface area contributed by atoms with Gasteiger partial charge < -0.3 is 27.2 Å². The number of carbonyl (C=O) groups is 4. The maximum absolute atomic E-state index is 11.6. The predicted molar refractivity (Wildman–Crippen MR) is 64.7 cm³/mol. The molecule has 2 atom stereocenters. The lowest BCUT2D eigenvalue weighted by molar-refractivity contribution is -0.143. The molecule has 108 valence electrons. The number of hydrogen-bond donors (Lipinski definition) is 5. The standard InChI is InChI=1S/C10H18N4O5/c1-5(13-8(16)2-3-11)9(17)14-6(10(18)19)4-7(12)15/h5-6H,2-4,11H2,1H3,(H2,12,15)(H,13,16)(H,14,17)(H,18,19)/t5-,6-/m0/s1. The number of carboxylic acid groups (broad SMARTS) is 1. The molecule has 0 bridgehead atoms. The minimum atomic E-state index is -1.42. The molecule has 0 aliphatic rings. The Morgan fingerprint density at radius 2 is 1.79 bits per heavy atom. The highest BCUT2D eigenvalue weighted by Crippen LogP contribution is 1.94. The van der Waals surface area contributed by atoms with E-state index in [-0.39, 0.29) is 13.0 Å². The first-order valence-electron chi connectivity index (χ1n) is 5.58. The molecular formula is C10H18N4O5. The van der Waals surface area contributed by atoms with Gasteiger partial charge in [0.2, 0.25) is 17.7 Å². The van der Waals surface area contributed by atoms with Crippen molar-refractivity contribution in [2.45, 2.75) is 31.8 Å². The molecule has 19 heavy (non-hydrogen) atoms. The Bertz CT molecular complexity index is 371. The van der Waals surface area contributed by atoms with Gasteiger partial charge >= 0.3 is 5.97 Å². The van der Waals surface area contributed by atoms with E-state index in [0.29, 0.717) is 0 Å². The zero-order valence-corrected chi connectivity index (χ0v) is 10.5. The van der Waals surface area contributed by atoms with Crippen LogP contribution in [0.1, 0.15) is 19.8 Å². The molecule has 3 amide bonds. The molecular weight excluding hydrogens is 256 g/mol. The fraction of sp³-hybridized carbons (Fsp3) is 0.600. The third kappa shape index (κ3) is 6.99. The van der Waals surface area contributed by atoms with E-state index in [1.807, 2.05) is 0 Å². The fourth-order valence-electron chi connectivity index (χ4n) is 1.21. The summed E-state index contributed by atoms with van der Waals surface area (Å²) < 4.78 is 0. The zero-order chi connectivity index (χ0) is 15.0. The average Bonchev–Trinajstić information content (AvgIpc) is 2.27. The number of aliphatic carboxylic acids is 1. The summed E-state index contributed by atoms with van der Waals surface area (Å²) in [5.41, 5.74) is 10.0. The molecule has 0 aliphatic carbocycles. The van der Waals surface area contributed by atoms with Gasteiger partial charge in [0, 0.05) is 13.0 Å². The van der Waals surface area contributed by atoms with Crippen molar-refractivity contribution < 1.29 is 24.3 Å². The summed E-state index contributed by atoms with van der Waals surface area (Å²) in [6.07, 6.45) is -0.466. The lowest BCUT2D eigenvalue weighted by Gasteiger charge is -2.17. The minimum Gasteiger partial charge on any atom is -0.480 e. The van der Waals surface area contributed by atoms with E-state index in [1.165, 1.54) is 6.92 Å². The van der Waals surface area contributed by atoms with Crippen LogP contribution < -0.4 is 22.1 Å². The van der Waals surface area contributed by atoms with Crippen molar-refractivity contribution in [3.8, 4) is 0 Å². The first-order valence-corrected chi connectivity index (χ1v) is 5.58. The van der Waals surface area contributed by atoms with Crippen LogP contribution in [0, 0.1) is 0 Å². The lowest BCUT2D eigenvalue weighted by atomic mass is 10.2. The summed E-state index contributed by atoms with van der Waals surface area (Å²) in [6.45, 7) is 1.52. The summed E-state index contributed by atoms with van der Waals surface area (Å²) in [7, 11) is 0. The molecule has 9 heteroatoms. The second-order valence-electron chi connectivity index (χ2n) is 3.90. The fourth-order valence-corrected chi connectivity index (χ4v) is 1.21. The van der Waals surface area contributed by atoms with Gasteiger partial charge in [-0.2, -0.15) is 0 Å². The second kappa shape index (κ2) is 8.03. The maximum Gasteiger partial charge on any atom is 0.326 e. The van der Waals surface area contributed by atoms with Gasteiger partial charge in [0.25, 0.3) is 0 Å². The molecule has 0 spiro atoms. The Kier molecular flexibility index (Phi) is 7.12. The molecule has 9 nitrogen and oxygen atoms in total. The van der Waals surface area contributed by atoms with E-state index >= 15 is 0 Å². The van der Waals surface area contributed by atoms with Crippen molar-refractivity contribution >= 4 is 23.7 Å². The lowest BCUT2D eigenvalue weighted by Crippen LogP contribution is -2.51. The summed E-state index contributed by atoms with van der Waals surface area (Å²) in [4.78, 5) is 44.2. The third-order valence-electron chi connectivity index (χ3n) is 2.16.